The first-order chi connectivity index (χ1) is 9.33. The normalized spacial score (nSPS) is 22.5. The Labute approximate surface area is 142 Å². The highest BCUT2D eigenvalue weighted by Gasteiger charge is 2.43. The summed E-state index contributed by atoms with van der Waals surface area (Å²) in [4.78, 5) is 0. The quantitative estimate of drug-likeness (QED) is 0.380. The molecule has 0 spiro atoms. The van der Waals surface area contributed by atoms with Crippen LogP contribution in [0.1, 0.15) is 58.8 Å². The van der Waals surface area contributed by atoms with Crippen LogP contribution in [-0.4, -0.2) is 23.2 Å². The van der Waals surface area contributed by atoms with E-state index in [1.165, 1.54) is 32.1 Å². The number of alkyl halides is 3. The average Bonchev–Trinajstić information content (AvgIpc) is 2.42. The van der Waals surface area contributed by atoms with Gasteiger partial charge in [0.25, 0.3) is 0 Å². The largest absolute Gasteiger partial charge is 0.355 e. The lowest BCUT2D eigenvalue weighted by atomic mass is 9.67. The van der Waals surface area contributed by atoms with Gasteiger partial charge in [-0.05, 0) is 54.5 Å². The summed E-state index contributed by atoms with van der Waals surface area (Å²) in [5, 5.41) is 0. The standard InChI is InChI=1S/C15H27BrCl2O2/c1-4-20-13(19-3)14(2,10-11-15(16,17)18)12-8-6-5-7-9-12/h12-13H,4-11H2,1-3H3. The molecular formula is C15H27BrCl2O2. The zero-order valence-corrected chi connectivity index (χ0v) is 15.9. The Morgan fingerprint density at radius 2 is 1.80 bits per heavy atom. The lowest BCUT2D eigenvalue weighted by Gasteiger charge is -2.45. The van der Waals surface area contributed by atoms with Crippen LogP contribution in [0.5, 0.6) is 0 Å². The highest BCUT2D eigenvalue weighted by molar-refractivity contribution is 9.11. The molecule has 0 heterocycles. The van der Waals surface area contributed by atoms with Gasteiger partial charge >= 0.3 is 0 Å². The Morgan fingerprint density at radius 1 is 1.20 bits per heavy atom. The molecular weight excluding hydrogens is 363 g/mol. The summed E-state index contributed by atoms with van der Waals surface area (Å²) in [6, 6.07) is 0. The summed E-state index contributed by atoms with van der Waals surface area (Å²) in [5.41, 5.74) is -0.0476. The number of halogens is 3. The van der Waals surface area contributed by atoms with Crippen LogP contribution in [0, 0.1) is 11.3 Å². The Morgan fingerprint density at radius 3 is 2.25 bits per heavy atom. The molecule has 0 radical (unpaired) electrons. The summed E-state index contributed by atoms with van der Waals surface area (Å²) in [6.07, 6.45) is 7.77. The predicted octanol–water partition coefficient (Wildman–Crippen LogP) is 5.89. The molecule has 0 aromatic carbocycles. The summed E-state index contributed by atoms with van der Waals surface area (Å²) >= 11 is 15.5. The third kappa shape index (κ3) is 5.64. The second-order valence-electron chi connectivity index (χ2n) is 5.98. The SMILES string of the molecule is CCOC(OC)C(C)(CCC(Cl)(Cl)Br)C1CCCCC1. The van der Waals surface area contributed by atoms with E-state index in [4.69, 9.17) is 32.7 Å². The van der Waals surface area contributed by atoms with Crippen molar-refractivity contribution in [3.63, 3.8) is 0 Å². The van der Waals surface area contributed by atoms with Crippen LogP contribution in [-0.2, 0) is 9.47 Å². The number of methoxy groups -OCH3 is 1. The minimum Gasteiger partial charge on any atom is -0.355 e. The molecule has 1 rings (SSSR count). The third-order valence-electron chi connectivity index (χ3n) is 4.56. The van der Waals surface area contributed by atoms with Gasteiger partial charge in [0.2, 0.25) is 0 Å². The van der Waals surface area contributed by atoms with Crippen LogP contribution in [0.4, 0.5) is 0 Å². The molecule has 1 fully saturated rings. The second-order valence-corrected chi connectivity index (χ2v) is 9.73. The maximum absolute atomic E-state index is 6.10. The zero-order chi connectivity index (χ0) is 15.2. The van der Waals surface area contributed by atoms with Crippen molar-refractivity contribution in [2.45, 2.75) is 68.3 Å². The lowest BCUT2D eigenvalue weighted by Crippen LogP contribution is -2.43. The predicted molar refractivity (Wildman–Crippen MR) is 89.7 cm³/mol. The highest BCUT2D eigenvalue weighted by atomic mass is 79.9. The molecule has 1 saturated carbocycles. The molecule has 0 aliphatic heterocycles. The van der Waals surface area contributed by atoms with Gasteiger partial charge in [-0.15, -0.1) is 0 Å². The van der Waals surface area contributed by atoms with Crippen LogP contribution in [0.25, 0.3) is 0 Å². The van der Waals surface area contributed by atoms with Crippen LogP contribution in [0.15, 0.2) is 0 Å². The number of ether oxygens (including phenoxy) is 2. The molecule has 2 nitrogen and oxygen atoms in total. The molecule has 1 aliphatic rings. The fraction of sp³-hybridized carbons (Fsp3) is 1.00. The summed E-state index contributed by atoms with van der Waals surface area (Å²) in [6.45, 7) is 4.92. The van der Waals surface area contributed by atoms with Crippen LogP contribution < -0.4 is 0 Å². The highest BCUT2D eigenvalue weighted by Crippen LogP contribution is 2.48. The Balaban J connectivity index is 2.84. The van der Waals surface area contributed by atoms with E-state index in [1.54, 1.807) is 7.11 Å². The Bertz CT molecular complexity index is 271. The van der Waals surface area contributed by atoms with Crippen molar-refractivity contribution in [1.82, 2.24) is 0 Å². The van der Waals surface area contributed by atoms with E-state index >= 15 is 0 Å². The molecule has 0 aromatic rings. The van der Waals surface area contributed by atoms with E-state index in [0.717, 1.165) is 6.42 Å². The number of hydrogen-bond acceptors (Lipinski definition) is 2. The molecule has 0 amide bonds. The second kappa shape index (κ2) is 8.57. The monoisotopic (exact) mass is 388 g/mol. The molecule has 0 saturated heterocycles. The van der Waals surface area contributed by atoms with E-state index in [-0.39, 0.29) is 11.7 Å². The van der Waals surface area contributed by atoms with Crippen molar-refractivity contribution in [1.29, 1.82) is 0 Å². The number of rotatable bonds is 8. The molecule has 2 atom stereocenters. The van der Waals surface area contributed by atoms with E-state index in [2.05, 4.69) is 22.9 Å². The Hall–Kier alpha value is 0.980. The van der Waals surface area contributed by atoms with Gasteiger partial charge in [0.15, 0.2) is 9.53 Å². The fourth-order valence-electron chi connectivity index (χ4n) is 3.37. The summed E-state index contributed by atoms with van der Waals surface area (Å²) in [5.74, 6) is 0.607. The summed E-state index contributed by atoms with van der Waals surface area (Å²) in [7, 11) is 1.73. The zero-order valence-electron chi connectivity index (χ0n) is 12.8. The molecule has 120 valence electrons. The van der Waals surface area contributed by atoms with Gasteiger partial charge in [-0.1, -0.05) is 49.4 Å². The Kier molecular flexibility index (Phi) is 8.15. The molecule has 2 unspecified atom stereocenters. The van der Waals surface area contributed by atoms with Gasteiger partial charge in [-0.3, -0.25) is 0 Å². The molecule has 5 heteroatoms. The maximum atomic E-state index is 6.10. The van der Waals surface area contributed by atoms with Crippen molar-refractivity contribution in [3.8, 4) is 0 Å². The molecule has 0 N–H and O–H groups in total. The van der Waals surface area contributed by atoms with Crippen molar-refractivity contribution >= 4 is 39.1 Å². The van der Waals surface area contributed by atoms with E-state index in [1.807, 2.05) is 6.92 Å². The molecule has 0 bridgehead atoms. The van der Waals surface area contributed by atoms with Gasteiger partial charge in [0.1, 0.15) is 0 Å². The minimum atomic E-state index is -0.868. The average molecular weight is 390 g/mol. The first kappa shape index (κ1) is 19.0. The van der Waals surface area contributed by atoms with Crippen LogP contribution in [0.2, 0.25) is 0 Å². The molecule has 1 aliphatic carbocycles. The minimum absolute atomic E-state index is 0.0476. The van der Waals surface area contributed by atoms with Crippen molar-refractivity contribution < 1.29 is 9.47 Å². The van der Waals surface area contributed by atoms with Gasteiger partial charge in [0.05, 0.1) is 0 Å². The van der Waals surface area contributed by atoms with E-state index in [0.29, 0.717) is 18.9 Å². The van der Waals surface area contributed by atoms with Gasteiger partial charge < -0.3 is 9.47 Å². The van der Waals surface area contributed by atoms with Crippen molar-refractivity contribution in [2.24, 2.45) is 11.3 Å². The summed E-state index contributed by atoms with van der Waals surface area (Å²) < 4.78 is 10.6. The van der Waals surface area contributed by atoms with Crippen molar-refractivity contribution in [3.05, 3.63) is 0 Å². The third-order valence-corrected chi connectivity index (χ3v) is 5.33. The van der Waals surface area contributed by atoms with Crippen LogP contribution in [0.3, 0.4) is 0 Å². The van der Waals surface area contributed by atoms with Crippen molar-refractivity contribution in [2.75, 3.05) is 13.7 Å². The first-order valence-electron chi connectivity index (χ1n) is 7.54. The van der Waals surface area contributed by atoms with Gasteiger partial charge in [-0.2, -0.15) is 0 Å². The number of hydrogen-bond donors (Lipinski definition) is 0. The molecule has 20 heavy (non-hydrogen) atoms. The molecule has 0 aromatic heterocycles. The van der Waals surface area contributed by atoms with E-state index < -0.39 is 3.24 Å². The van der Waals surface area contributed by atoms with Gasteiger partial charge in [0, 0.05) is 19.1 Å². The topological polar surface area (TPSA) is 18.5 Å². The smallest absolute Gasteiger partial charge is 0.172 e. The van der Waals surface area contributed by atoms with Crippen LogP contribution >= 0.6 is 39.1 Å². The fourth-order valence-corrected chi connectivity index (χ4v) is 3.75. The lowest BCUT2D eigenvalue weighted by molar-refractivity contribution is -0.208. The first-order valence-corrected chi connectivity index (χ1v) is 9.09. The van der Waals surface area contributed by atoms with Gasteiger partial charge in [-0.25, -0.2) is 0 Å². The van der Waals surface area contributed by atoms with E-state index in [9.17, 15) is 0 Å². The maximum Gasteiger partial charge on any atom is 0.172 e.